The fourth-order valence-corrected chi connectivity index (χ4v) is 4.75. The SMILES string of the molecule is [O-][C@H]1O[C@H](COCc2ccccc2)[C@@H](OCc2ccccc2)[C@H](OCc2ccccc2)[C@@H]1OCc1ccccc1. The molecule has 1 heterocycles. The molecule has 208 valence electrons. The van der Waals surface area contributed by atoms with Crippen molar-refractivity contribution in [3.63, 3.8) is 0 Å². The van der Waals surface area contributed by atoms with Gasteiger partial charge in [-0.2, -0.15) is 0 Å². The lowest BCUT2D eigenvalue weighted by Gasteiger charge is -2.49. The molecule has 1 aliphatic rings. The van der Waals surface area contributed by atoms with E-state index in [1.165, 1.54) is 0 Å². The molecule has 0 aliphatic carbocycles. The van der Waals surface area contributed by atoms with Crippen molar-refractivity contribution in [3.05, 3.63) is 144 Å². The molecule has 0 aromatic heterocycles. The summed E-state index contributed by atoms with van der Waals surface area (Å²) in [4.78, 5) is 0. The van der Waals surface area contributed by atoms with E-state index >= 15 is 0 Å². The lowest BCUT2D eigenvalue weighted by Crippen LogP contribution is -2.64. The van der Waals surface area contributed by atoms with Crippen molar-refractivity contribution < 1.29 is 28.8 Å². The Bertz CT molecular complexity index is 1240. The molecule has 0 unspecified atom stereocenters. The van der Waals surface area contributed by atoms with Gasteiger partial charge in [0, 0.05) is 6.29 Å². The third kappa shape index (κ3) is 8.08. The first-order chi connectivity index (χ1) is 19.8. The van der Waals surface area contributed by atoms with Crippen LogP contribution in [0.3, 0.4) is 0 Å². The molecule has 4 aromatic rings. The highest BCUT2D eigenvalue weighted by Crippen LogP contribution is 2.29. The zero-order valence-electron chi connectivity index (χ0n) is 22.4. The Morgan fingerprint density at radius 2 is 0.850 bits per heavy atom. The van der Waals surface area contributed by atoms with Crippen LogP contribution in [0.25, 0.3) is 0 Å². The van der Waals surface area contributed by atoms with Crippen LogP contribution >= 0.6 is 0 Å². The Kier molecular flexibility index (Phi) is 10.5. The summed E-state index contributed by atoms with van der Waals surface area (Å²) in [5.74, 6) is 0. The number of rotatable bonds is 13. The lowest BCUT2D eigenvalue weighted by molar-refractivity contribution is -0.537. The van der Waals surface area contributed by atoms with Gasteiger partial charge >= 0.3 is 0 Å². The van der Waals surface area contributed by atoms with Gasteiger partial charge in [0.25, 0.3) is 0 Å². The van der Waals surface area contributed by atoms with Gasteiger partial charge in [-0.15, -0.1) is 0 Å². The second-order valence-electron chi connectivity index (χ2n) is 9.83. The fourth-order valence-electron chi connectivity index (χ4n) is 4.75. The maximum Gasteiger partial charge on any atom is 0.115 e. The van der Waals surface area contributed by atoms with Crippen LogP contribution in [0, 0.1) is 0 Å². The molecule has 5 rings (SSSR count). The quantitative estimate of drug-likeness (QED) is 0.237. The van der Waals surface area contributed by atoms with Gasteiger partial charge in [-0.1, -0.05) is 121 Å². The van der Waals surface area contributed by atoms with E-state index < -0.39 is 30.7 Å². The average molecular weight is 540 g/mol. The standard InChI is InChI=1S/C34H35O6/c35-34-33(39-24-29-19-11-4-12-20-29)32(38-23-28-17-9-3-10-18-28)31(37-22-27-15-7-2-8-16-27)30(40-34)25-36-21-26-13-5-1-6-14-26/h1-20,30-34H,21-25H2/q-1/t30-,31-,32+,33+,34+/m1/s1. The maximum absolute atomic E-state index is 13.4. The first-order valence-corrected chi connectivity index (χ1v) is 13.7. The molecule has 1 fully saturated rings. The smallest absolute Gasteiger partial charge is 0.115 e. The Morgan fingerprint density at radius 3 is 1.30 bits per heavy atom. The van der Waals surface area contributed by atoms with Gasteiger partial charge in [0.05, 0.1) is 39.1 Å². The lowest BCUT2D eigenvalue weighted by atomic mass is 9.98. The van der Waals surface area contributed by atoms with E-state index in [2.05, 4.69) is 0 Å². The molecule has 0 bridgehead atoms. The van der Waals surface area contributed by atoms with Crippen LogP contribution in [-0.2, 0) is 50.1 Å². The minimum absolute atomic E-state index is 0.184. The van der Waals surface area contributed by atoms with E-state index in [4.69, 9.17) is 23.7 Å². The largest absolute Gasteiger partial charge is 0.829 e. The first-order valence-electron chi connectivity index (χ1n) is 13.7. The molecule has 6 heteroatoms. The predicted molar refractivity (Wildman–Crippen MR) is 150 cm³/mol. The van der Waals surface area contributed by atoms with Gasteiger partial charge < -0.3 is 28.8 Å². The number of hydrogen-bond donors (Lipinski definition) is 0. The number of hydrogen-bond acceptors (Lipinski definition) is 6. The molecule has 0 N–H and O–H groups in total. The topological polar surface area (TPSA) is 69.2 Å². The summed E-state index contributed by atoms with van der Waals surface area (Å²) in [6.45, 7) is 1.50. The van der Waals surface area contributed by atoms with Crippen LogP contribution in [0.1, 0.15) is 22.3 Å². The molecule has 0 saturated carbocycles. The molecule has 4 aromatic carbocycles. The summed E-state index contributed by atoms with van der Waals surface area (Å²) in [7, 11) is 0. The highest BCUT2D eigenvalue weighted by molar-refractivity contribution is 5.16. The third-order valence-electron chi connectivity index (χ3n) is 6.84. The summed E-state index contributed by atoms with van der Waals surface area (Å²) in [6.07, 6.45) is -4.24. The second kappa shape index (κ2) is 14.9. The van der Waals surface area contributed by atoms with Crippen molar-refractivity contribution in [2.45, 2.75) is 57.1 Å². The van der Waals surface area contributed by atoms with Crippen molar-refractivity contribution in [3.8, 4) is 0 Å². The Hall–Kier alpha value is -3.36. The van der Waals surface area contributed by atoms with Crippen LogP contribution in [0.2, 0.25) is 0 Å². The van der Waals surface area contributed by atoms with Crippen LogP contribution in [0.5, 0.6) is 0 Å². The monoisotopic (exact) mass is 539 g/mol. The number of benzene rings is 4. The van der Waals surface area contributed by atoms with Gasteiger partial charge in [-0.05, 0) is 22.3 Å². The van der Waals surface area contributed by atoms with Crippen molar-refractivity contribution in [2.75, 3.05) is 6.61 Å². The molecule has 0 spiro atoms. The van der Waals surface area contributed by atoms with E-state index in [1.807, 2.05) is 121 Å². The zero-order chi connectivity index (χ0) is 27.4. The highest BCUT2D eigenvalue weighted by Gasteiger charge is 2.44. The van der Waals surface area contributed by atoms with Gasteiger partial charge in [0.1, 0.15) is 18.3 Å². The molecule has 1 saturated heterocycles. The normalized spacial score (nSPS) is 22.7. The molecular weight excluding hydrogens is 504 g/mol. The molecule has 6 nitrogen and oxygen atoms in total. The zero-order valence-corrected chi connectivity index (χ0v) is 22.4. The van der Waals surface area contributed by atoms with Crippen molar-refractivity contribution in [2.24, 2.45) is 0 Å². The second-order valence-corrected chi connectivity index (χ2v) is 9.83. The Balaban J connectivity index is 1.36. The Morgan fingerprint density at radius 1 is 0.475 bits per heavy atom. The Labute approximate surface area is 236 Å². The fraction of sp³-hybridized carbons (Fsp3) is 0.294. The minimum Gasteiger partial charge on any atom is -0.829 e. The summed E-state index contributed by atoms with van der Waals surface area (Å²) < 4.78 is 31.1. The van der Waals surface area contributed by atoms with Gasteiger partial charge in [-0.3, -0.25) is 0 Å². The molecule has 5 atom stereocenters. The molecule has 1 aliphatic heterocycles. The summed E-state index contributed by atoms with van der Waals surface area (Å²) in [5, 5.41) is 13.4. The summed E-state index contributed by atoms with van der Waals surface area (Å²) >= 11 is 0. The molecule has 40 heavy (non-hydrogen) atoms. The van der Waals surface area contributed by atoms with E-state index in [0.717, 1.165) is 22.3 Å². The molecule has 0 amide bonds. The minimum atomic E-state index is -1.47. The maximum atomic E-state index is 13.4. The van der Waals surface area contributed by atoms with Gasteiger partial charge in [0.15, 0.2) is 0 Å². The first kappa shape index (κ1) is 28.2. The van der Waals surface area contributed by atoms with E-state index in [9.17, 15) is 5.11 Å². The average Bonchev–Trinajstić information content (AvgIpc) is 3.01. The van der Waals surface area contributed by atoms with Crippen LogP contribution < -0.4 is 5.11 Å². The van der Waals surface area contributed by atoms with Crippen molar-refractivity contribution in [1.82, 2.24) is 0 Å². The molecule has 0 radical (unpaired) electrons. The number of ether oxygens (including phenoxy) is 5. The summed E-state index contributed by atoms with van der Waals surface area (Å²) in [6, 6.07) is 39.5. The summed E-state index contributed by atoms with van der Waals surface area (Å²) in [5.41, 5.74) is 4.02. The van der Waals surface area contributed by atoms with E-state index in [-0.39, 0.29) is 13.2 Å². The van der Waals surface area contributed by atoms with Crippen LogP contribution in [-0.4, -0.2) is 37.3 Å². The van der Waals surface area contributed by atoms with Crippen molar-refractivity contribution >= 4 is 0 Å². The van der Waals surface area contributed by atoms with Crippen LogP contribution in [0.15, 0.2) is 121 Å². The van der Waals surface area contributed by atoms with E-state index in [0.29, 0.717) is 19.8 Å². The third-order valence-corrected chi connectivity index (χ3v) is 6.84. The van der Waals surface area contributed by atoms with Gasteiger partial charge in [0.2, 0.25) is 0 Å². The van der Waals surface area contributed by atoms with Crippen LogP contribution in [0.4, 0.5) is 0 Å². The van der Waals surface area contributed by atoms with Crippen molar-refractivity contribution in [1.29, 1.82) is 0 Å². The van der Waals surface area contributed by atoms with E-state index in [1.54, 1.807) is 0 Å². The highest BCUT2D eigenvalue weighted by atomic mass is 16.7. The predicted octanol–water partition coefficient (Wildman–Crippen LogP) is 5.04. The van der Waals surface area contributed by atoms with Gasteiger partial charge in [-0.25, -0.2) is 0 Å². The molecular formula is C34H35O6-.